The third-order valence-corrected chi connectivity index (χ3v) is 3.45. The molecule has 0 spiro atoms. The van der Waals surface area contributed by atoms with Gasteiger partial charge in [-0.15, -0.1) is 0 Å². The molecular formula is C17H14O. The number of carbonyl (C=O) groups is 1. The van der Waals surface area contributed by atoms with Crippen LogP contribution in [-0.4, -0.2) is 6.29 Å². The standard InChI is InChI=1S/C17H14O/c18-12-13-5-7-15(8-6-13)17-10-9-14-3-1-2-4-16(14)11-17/h1-5,7,9-12H,6,8H2. The van der Waals surface area contributed by atoms with Crippen molar-refractivity contribution in [2.24, 2.45) is 0 Å². The highest BCUT2D eigenvalue weighted by molar-refractivity contribution is 5.87. The Balaban J connectivity index is 2.03. The van der Waals surface area contributed by atoms with E-state index in [1.54, 1.807) is 0 Å². The van der Waals surface area contributed by atoms with Crippen LogP contribution in [0.3, 0.4) is 0 Å². The van der Waals surface area contributed by atoms with Crippen LogP contribution < -0.4 is 0 Å². The van der Waals surface area contributed by atoms with Crippen molar-refractivity contribution in [3.05, 3.63) is 65.8 Å². The Labute approximate surface area is 106 Å². The molecule has 1 nitrogen and oxygen atoms in total. The number of aldehydes is 1. The number of benzene rings is 2. The lowest BCUT2D eigenvalue weighted by atomic mass is 9.92. The zero-order chi connectivity index (χ0) is 12.4. The third-order valence-electron chi connectivity index (χ3n) is 3.45. The largest absolute Gasteiger partial charge is 0.298 e. The monoisotopic (exact) mass is 234 g/mol. The molecule has 2 aromatic rings. The molecule has 1 aliphatic rings. The van der Waals surface area contributed by atoms with Crippen molar-refractivity contribution in [1.29, 1.82) is 0 Å². The Morgan fingerprint density at radius 1 is 0.889 bits per heavy atom. The molecule has 2 aromatic carbocycles. The number of allylic oxidation sites excluding steroid dienone is 4. The van der Waals surface area contributed by atoms with Gasteiger partial charge in [0.2, 0.25) is 0 Å². The van der Waals surface area contributed by atoms with E-state index in [1.165, 1.54) is 21.9 Å². The van der Waals surface area contributed by atoms with Gasteiger partial charge in [0.15, 0.2) is 0 Å². The van der Waals surface area contributed by atoms with E-state index in [0.29, 0.717) is 0 Å². The van der Waals surface area contributed by atoms with Crippen LogP contribution >= 0.6 is 0 Å². The molecule has 1 aliphatic carbocycles. The quantitative estimate of drug-likeness (QED) is 0.714. The molecule has 0 heterocycles. The van der Waals surface area contributed by atoms with Crippen LogP contribution in [0.1, 0.15) is 18.4 Å². The molecule has 3 rings (SSSR count). The van der Waals surface area contributed by atoms with Crippen LogP contribution in [-0.2, 0) is 4.79 Å². The van der Waals surface area contributed by atoms with E-state index < -0.39 is 0 Å². The first-order valence-corrected chi connectivity index (χ1v) is 6.21. The van der Waals surface area contributed by atoms with Crippen molar-refractivity contribution >= 4 is 22.6 Å². The maximum Gasteiger partial charge on any atom is 0.146 e. The average Bonchev–Trinajstić information content (AvgIpc) is 2.47. The zero-order valence-corrected chi connectivity index (χ0v) is 10.1. The van der Waals surface area contributed by atoms with E-state index in [1.807, 2.05) is 6.08 Å². The van der Waals surface area contributed by atoms with Crippen molar-refractivity contribution in [1.82, 2.24) is 0 Å². The fourth-order valence-corrected chi connectivity index (χ4v) is 2.38. The predicted molar refractivity (Wildman–Crippen MR) is 75.3 cm³/mol. The molecular weight excluding hydrogens is 220 g/mol. The summed E-state index contributed by atoms with van der Waals surface area (Å²) >= 11 is 0. The summed E-state index contributed by atoms with van der Waals surface area (Å²) < 4.78 is 0. The van der Waals surface area contributed by atoms with Gasteiger partial charge in [-0.3, -0.25) is 4.79 Å². The van der Waals surface area contributed by atoms with Gasteiger partial charge < -0.3 is 0 Å². The van der Waals surface area contributed by atoms with Gasteiger partial charge in [0.1, 0.15) is 6.29 Å². The Morgan fingerprint density at radius 2 is 1.72 bits per heavy atom. The van der Waals surface area contributed by atoms with Gasteiger partial charge in [0, 0.05) is 0 Å². The first-order valence-electron chi connectivity index (χ1n) is 6.21. The number of hydrogen-bond donors (Lipinski definition) is 0. The van der Waals surface area contributed by atoms with Crippen LogP contribution in [0.5, 0.6) is 0 Å². The van der Waals surface area contributed by atoms with Gasteiger partial charge in [-0.1, -0.05) is 48.6 Å². The summed E-state index contributed by atoms with van der Waals surface area (Å²) in [5, 5.41) is 2.53. The molecule has 0 atom stereocenters. The topological polar surface area (TPSA) is 17.1 Å². The minimum absolute atomic E-state index is 0.849. The summed E-state index contributed by atoms with van der Waals surface area (Å²) in [6.45, 7) is 0. The molecule has 0 saturated carbocycles. The van der Waals surface area contributed by atoms with Crippen molar-refractivity contribution in [3.63, 3.8) is 0 Å². The Bertz CT molecular complexity index is 662. The first kappa shape index (κ1) is 11.0. The summed E-state index contributed by atoms with van der Waals surface area (Å²) in [6.07, 6.45) is 6.75. The van der Waals surface area contributed by atoms with E-state index in [9.17, 15) is 4.79 Å². The molecule has 0 amide bonds. The summed E-state index contributed by atoms with van der Waals surface area (Å²) in [4.78, 5) is 10.7. The third kappa shape index (κ3) is 2.00. The number of carbonyl (C=O) groups excluding carboxylic acids is 1. The molecule has 0 fully saturated rings. The second-order valence-corrected chi connectivity index (χ2v) is 4.61. The van der Waals surface area contributed by atoms with E-state index in [2.05, 4.69) is 48.5 Å². The lowest BCUT2D eigenvalue weighted by molar-refractivity contribution is -0.105. The second kappa shape index (κ2) is 4.61. The van der Waals surface area contributed by atoms with Crippen LogP contribution in [0.4, 0.5) is 0 Å². The van der Waals surface area contributed by atoms with Gasteiger partial charge >= 0.3 is 0 Å². The fraction of sp³-hybridized carbons (Fsp3) is 0.118. The summed E-state index contributed by atoms with van der Waals surface area (Å²) in [6, 6.07) is 14.9. The zero-order valence-electron chi connectivity index (χ0n) is 10.1. The van der Waals surface area contributed by atoms with Gasteiger partial charge in [0.25, 0.3) is 0 Å². The minimum atomic E-state index is 0.849. The van der Waals surface area contributed by atoms with Crippen LogP contribution in [0, 0.1) is 0 Å². The average molecular weight is 234 g/mol. The second-order valence-electron chi connectivity index (χ2n) is 4.61. The molecule has 0 saturated heterocycles. The number of fused-ring (bicyclic) bond motifs is 1. The van der Waals surface area contributed by atoms with Crippen molar-refractivity contribution < 1.29 is 4.79 Å². The fourth-order valence-electron chi connectivity index (χ4n) is 2.38. The highest BCUT2D eigenvalue weighted by Gasteiger charge is 2.08. The lowest BCUT2D eigenvalue weighted by Gasteiger charge is -2.12. The first-order chi connectivity index (χ1) is 8.86. The minimum Gasteiger partial charge on any atom is -0.298 e. The van der Waals surface area contributed by atoms with Crippen LogP contribution in [0.25, 0.3) is 16.3 Å². The van der Waals surface area contributed by atoms with Gasteiger partial charge in [-0.2, -0.15) is 0 Å². The van der Waals surface area contributed by atoms with Crippen molar-refractivity contribution in [3.8, 4) is 0 Å². The molecule has 0 aliphatic heterocycles. The normalized spacial score (nSPS) is 15.1. The SMILES string of the molecule is O=CC1=CC=C(c2ccc3ccccc3c2)CC1. The molecule has 0 aromatic heterocycles. The Kier molecular flexibility index (Phi) is 2.81. The molecule has 0 bridgehead atoms. The molecule has 0 N–H and O–H groups in total. The predicted octanol–water partition coefficient (Wildman–Crippen LogP) is 4.14. The number of hydrogen-bond acceptors (Lipinski definition) is 1. The molecule has 88 valence electrons. The van der Waals surface area contributed by atoms with Crippen molar-refractivity contribution in [2.75, 3.05) is 0 Å². The van der Waals surface area contributed by atoms with E-state index in [0.717, 1.165) is 24.7 Å². The smallest absolute Gasteiger partial charge is 0.146 e. The molecule has 0 radical (unpaired) electrons. The van der Waals surface area contributed by atoms with E-state index in [4.69, 9.17) is 0 Å². The van der Waals surface area contributed by atoms with Gasteiger partial charge in [-0.05, 0) is 46.4 Å². The summed E-state index contributed by atoms with van der Waals surface area (Å²) in [5.74, 6) is 0. The highest BCUT2D eigenvalue weighted by atomic mass is 16.1. The maximum absolute atomic E-state index is 10.7. The number of rotatable bonds is 2. The van der Waals surface area contributed by atoms with E-state index >= 15 is 0 Å². The van der Waals surface area contributed by atoms with Crippen LogP contribution in [0.2, 0.25) is 0 Å². The van der Waals surface area contributed by atoms with Crippen LogP contribution in [0.15, 0.2) is 60.2 Å². The maximum atomic E-state index is 10.7. The molecule has 0 unspecified atom stereocenters. The Morgan fingerprint density at radius 3 is 2.44 bits per heavy atom. The van der Waals surface area contributed by atoms with Gasteiger partial charge in [0.05, 0.1) is 0 Å². The highest BCUT2D eigenvalue weighted by Crippen LogP contribution is 2.28. The summed E-state index contributed by atoms with van der Waals surface area (Å²) in [5.41, 5.74) is 3.46. The Hall–Kier alpha value is -2.15. The van der Waals surface area contributed by atoms with E-state index in [-0.39, 0.29) is 0 Å². The lowest BCUT2D eigenvalue weighted by Crippen LogP contribution is -1.94. The van der Waals surface area contributed by atoms with Gasteiger partial charge in [-0.25, -0.2) is 0 Å². The summed E-state index contributed by atoms with van der Waals surface area (Å²) in [7, 11) is 0. The van der Waals surface area contributed by atoms with Crippen molar-refractivity contribution in [2.45, 2.75) is 12.8 Å². The molecule has 1 heteroatoms. The molecule has 18 heavy (non-hydrogen) atoms.